The maximum absolute atomic E-state index is 10.6. The fourth-order valence-corrected chi connectivity index (χ4v) is 1.57. The lowest BCUT2D eigenvalue weighted by molar-refractivity contribution is 0.111. The fraction of sp³-hybridized carbons (Fsp3) is 0.167. The Hall–Kier alpha value is -1.70. The van der Waals surface area contributed by atoms with Gasteiger partial charge in [-0.1, -0.05) is 31.2 Å². The van der Waals surface area contributed by atoms with Gasteiger partial charge in [-0.25, -0.2) is 4.98 Å². The average molecular weight is 185 g/mol. The molecule has 2 heteroatoms. The third kappa shape index (κ3) is 1.39. The Balaban J connectivity index is 2.76. The molecule has 2 rings (SSSR count). The molecule has 2 nitrogen and oxygen atoms in total. The zero-order valence-electron chi connectivity index (χ0n) is 8.03. The summed E-state index contributed by atoms with van der Waals surface area (Å²) in [4.78, 5) is 14.9. The number of nitrogens with zero attached hydrogens (tertiary/aromatic N) is 1. The van der Waals surface area contributed by atoms with Crippen LogP contribution in [0.4, 0.5) is 0 Å². The summed E-state index contributed by atoms with van der Waals surface area (Å²) >= 11 is 0. The van der Waals surface area contributed by atoms with Crippen molar-refractivity contribution in [2.75, 3.05) is 0 Å². The molecular weight excluding hydrogens is 174 g/mol. The van der Waals surface area contributed by atoms with E-state index in [-0.39, 0.29) is 0 Å². The molecule has 1 heterocycles. The Morgan fingerprint density at radius 3 is 2.86 bits per heavy atom. The Morgan fingerprint density at radius 1 is 1.29 bits per heavy atom. The summed E-state index contributed by atoms with van der Waals surface area (Å²) in [5.74, 6) is 0. The van der Waals surface area contributed by atoms with Crippen molar-refractivity contribution in [2.24, 2.45) is 0 Å². The maximum atomic E-state index is 10.6. The lowest BCUT2D eigenvalue weighted by atomic mass is 10.1. The van der Waals surface area contributed by atoms with Crippen molar-refractivity contribution in [3.8, 4) is 0 Å². The smallest absolute Gasteiger partial charge is 0.168 e. The summed E-state index contributed by atoms with van der Waals surface area (Å²) in [6.45, 7) is 2.09. The van der Waals surface area contributed by atoms with Gasteiger partial charge in [0.25, 0.3) is 0 Å². The normalized spacial score (nSPS) is 10.4. The van der Waals surface area contributed by atoms with Gasteiger partial charge in [-0.05, 0) is 18.1 Å². The number of rotatable bonds is 2. The van der Waals surface area contributed by atoms with E-state index in [4.69, 9.17) is 0 Å². The number of fused-ring (bicyclic) bond motifs is 1. The van der Waals surface area contributed by atoms with E-state index in [0.717, 1.165) is 23.6 Å². The molecule has 0 saturated carbocycles. The van der Waals surface area contributed by atoms with Crippen molar-refractivity contribution in [3.63, 3.8) is 0 Å². The SMILES string of the molecule is CCc1cccc2ccc(C=O)nc12. The molecule has 2 aromatic rings. The minimum absolute atomic E-state index is 0.499. The van der Waals surface area contributed by atoms with Gasteiger partial charge in [-0.15, -0.1) is 0 Å². The van der Waals surface area contributed by atoms with Crippen LogP contribution in [0.3, 0.4) is 0 Å². The fourth-order valence-electron chi connectivity index (χ4n) is 1.57. The molecule has 0 saturated heterocycles. The van der Waals surface area contributed by atoms with Gasteiger partial charge in [0.05, 0.1) is 5.52 Å². The van der Waals surface area contributed by atoms with Crippen molar-refractivity contribution < 1.29 is 4.79 Å². The lowest BCUT2D eigenvalue weighted by Gasteiger charge is -2.02. The largest absolute Gasteiger partial charge is 0.296 e. The summed E-state index contributed by atoms with van der Waals surface area (Å²) in [7, 11) is 0. The Kier molecular flexibility index (Phi) is 2.27. The van der Waals surface area contributed by atoms with E-state index in [9.17, 15) is 4.79 Å². The number of pyridine rings is 1. The van der Waals surface area contributed by atoms with Gasteiger partial charge in [0.2, 0.25) is 0 Å². The quantitative estimate of drug-likeness (QED) is 0.673. The Labute approximate surface area is 82.6 Å². The van der Waals surface area contributed by atoms with E-state index in [2.05, 4.69) is 11.9 Å². The standard InChI is InChI=1S/C12H11NO/c1-2-9-4-3-5-10-6-7-11(8-14)13-12(9)10/h3-8H,2H2,1H3. The molecule has 0 spiro atoms. The van der Waals surface area contributed by atoms with Crippen LogP contribution in [-0.2, 0) is 6.42 Å². The van der Waals surface area contributed by atoms with Gasteiger partial charge >= 0.3 is 0 Å². The molecule has 0 unspecified atom stereocenters. The second kappa shape index (κ2) is 3.58. The van der Waals surface area contributed by atoms with Crippen LogP contribution in [0.25, 0.3) is 10.9 Å². The minimum Gasteiger partial charge on any atom is -0.296 e. The van der Waals surface area contributed by atoms with Crippen LogP contribution >= 0.6 is 0 Å². The number of para-hydroxylation sites is 1. The molecule has 0 fully saturated rings. The zero-order chi connectivity index (χ0) is 9.97. The number of aldehydes is 1. The summed E-state index contributed by atoms with van der Waals surface area (Å²) < 4.78 is 0. The van der Waals surface area contributed by atoms with Crippen LogP contribution in [0.15, 0.2) is 30.3 Å². The highest BCUT2D eigenvalue weighted by atomic mass is 16.1. The van der Waals surface area contributed by atoms with Crippen molar-refractivity contribution >= 4 is 17.2 Å². The van der Waals surface area contributed by atoms with Crippen LogP contribution in [0.1, 0.15) is 23.0 Å². The first-order chi connectivity index (χ1) is 6.85. The predicted octanol–water partition coefficient (Wildman–Crippen LogP) is 2.61. The monoisotopic (exact) mass is 185 g/mol. The number of benzene rings is 1. The predicted molar refractivity (Wildman–Crippen MR) is 56.5 cm³/mol. The highest BCUT2D eigenvalue weighted by Gasteiger charge is 2.01. The molecule has 0 atom stereocenters. The summed E-state index contributed by atoms with van der Waals surface area (Å²) in [6.07, 6.45) is 1.72. The molecule has 0 aliphatic heterocycles. The van der Waals surface area contributed by atoms with Crippen molar-refractivity contribution in [3.05, 3.63) is 41.6 Å². The van der Waals surface area contributed by atoms with Gasteiger partial charge in [0.15, 0.2) is 6.29 Å². The second-order valence-corrected chi connectivity index (χ2v) is 3.20. The van der Waals surface area contributed by atoms with Crippen LogP contribution in [0, 0.1) is 0 Å². The van der Waals surface area contributed by atoms with E-state index in [0.29, 0.717) is 5.69 Å². The number of carbonyl (C=O) groups excluding carboxylic acids is 1. The van der Waals surface area contributed by atoms with Crippen LogP contribution in [-0.4, -0.2) is 11.3 Å². The first-order valence-corrected chi connectivity index (χ1v) is 4.69. The molecule has 0 amide bonds. The summed E-state index contributed by atoms with van der Waals surface area (Å²) in [5.41, 5.74) is 2.63. The van der Waals surface area contributed by atoms with Crippen molar-refractivity contribution in [1.82, 2.24) is 4.98 Å². The van der Waals surface area contributed by atoms with Gasteiger partial charge in [0, 0.05) is 5.39 Å². The number of carbonyl (C=O) groups is 1. The molecule has 0 aliphatic carbocycles. The van der Waals surface area contributed by atoms with Crippen molar-refractivity contribution in [1.29, 1.82) is 0 Å². The highest BCUT2D eigenvalue weighted by Crippen LogP contribution is 2.17. The molecule has 70 valence electrons. The number of hydrogen-bond donors (Lipinski definition) is 0. The number of aromatic nitrogens is 1. The molecule has 14 heavy (non-hydrogen) atoms. The molecular formula is C12H11NO. The maximum Gasteiger partial charge on any atom is 0.168 e. The molecule has 1 aromatic heterocycles. The Bertz CT molecular complexity index is 477. The second-order valence-electron chi connectivity index (χ2n) is 3.20. The van der Waals surface area contributed by atoms with E-state index in [1.165, 1.54) is 5.56 Å². The van der Waals surface area contributed by atoms with E-state index in [1.807, 2.05) is 24.3 Å². The van der Waals surface area contributed by atoms with E-state index >= 15 is 0 Å². The summed E-state index contributed by atoms with van der Waals surface area (Å²) in [5, 5.41) is 1.09. The highest BCUT2D eigenvalue weighted by molar-refractivity contribution is 5.85. The topological polar surface area (TPSA) is 30.0 Å². The van der Waals surface area contributed by atoms with Gasteiger partial charge in [0.1, 0.15) is 5.69 Å². The van der Waals surface area contributed by atoms with E-state index < -0.39 is 0 Å². The first-order valence-electron chi connectivity index (χ1n) is 4.69. The molecule has 0 bridgehead atoms. The minimum atomic E-state index is 0.499. The first kappa shape index (κ1) is 8.88. The van der Waals surface area contributed by atoms with Crippen LogP contribution < -0.4 is 0 Å². The molecule has 0 N–H and O–H groups in total. The third-order valence-corrected chi connectivity index (χ3v) is 2.33. The molecule has 0 aliphatic rings. The number of hydrogen-bond acceptors (Lipinski definition) is 2. The average Bonchev–Trinajstić information content (AvgIpc) is 2.27. The van der Waals surface area contributed by atoms with Crippen molar-refractivity contribution in [2.45, 2.75) is 13.3 Å². The number of aryl methyl sites for hydroxylation is 1. The van der Waals surface area contributed by atoms with Gasteiger partial charge in [-0.3, -0.25) is 4.79 Å². The lowest BCUT2D eigenvalue weighted by Crippen LogP contribution is -1.91. The molecule has 1 aromatic carbocycles. The molecule has 0 radical (unpaired) electrons. The summed E-state index contributed by atoms with van der Waals surface area (Å²) in [6, 6.07) is 9.75. The van der Waals surface area contributed by atoms with Crippen LogP contribution in [0.2, 0.25) is 0 Å². The Morgan fingerprint density at radius 2 is 2.14 bits per heavy atom. The van der Waals surface area contributed by atoms with E-state index in [1.54, 1.807) is 6.07 Å². The van der Waals surface area contributed by atoms with Gasteiger partial charge in [-0.2, -0.15) is 0 Å². The van der Waals surface area contributed by atoms with Crippen LogP contribution in [0.5, 0.6) is 0 Å². The van der Waals surface area contributed by atoms with Gasteiger partial charge < -0.3 is 0 Å². The third-order valence-electron chi connectivity index (χ3n) is 2.33. The zero-order valence-corrected chi connectivity index (χ0v) is 8.03.